The van der Waals surface area contributed by atoms with Crippen LogP contribution in [-0.2, 0) is 20.8 Å². The van der Waals surface area contributed by atoms with Gasteiger partial charge in [-0.15, -0.1) is 11.3 Å². The minimum Gasteiger partial charge on any atom is -0.508 e. The second kappa shape index (κ2) is 8.45. The molecule has 0 radical (unpaired) electrons. The van der Waals surface area contributed by atoms with Crippen LogP contribution >= 0.6 is 27.3 Å². The molecular formula is C23H23BBrNO5S. The lowest BCUT2D eigenvalue weighted by Gasteiger charge is -2.42. The molecule has 3 aliphatic rings. The van der Waals surface area contributed by atoms with E-state index in [4.69, 9.17) is 4.65 Å². The fraction of sp³-hybridized carbons (Fsp3) is 0.391. The molecule has 2 saturated heterocycles. The Labute approximate surface area is 199 Å². The van der Waals surface area contributed by atoms with E-state index >= 15 is 0 Å². The first kappa shape index (κ1) is 21.9. The summed E-state index contributed by atoms with van der Waals surface area (Å²) in [6, 6.07) is 8.92. The first-order valence-corrected chi connectivity index (χ1v) is 12.5. The summed E-state index contributed by atoms with van der Waals surface area (Å²) in [6.45, 7) is 2.30. The topological polar surface area (TPSA) is 87.1 Å². The van der Waals surface area contributed by atoms with Crippen molar-refractivity contribution in [3.05, 3.63) is 61.7 Å². The Morgan fingerprint density at radius 1 is 1.25 bits per heavy atom. The monoisotopic (exact) mass is 515 g/mol. The average Bonchev–Trinajstić information content (AvgIpc) is 3.37. The van der Waals surface area contributed by atoms with Crippen molar-refractivity contribution < 1.29 is 24.4 Å². The highest BCUT2D eigenvalue weighted by atomic mass is 79.9. The van der Waals surface area contributed by atoms with Crippen LogP contribution in [0.3, 0.4) is 0 Å². The summed E-state index contributed by atoms with van der Waals surface area (Å²) >= 11 is 4.95. The van der Waals surface area contributed by atoms with Crippen LogP contribution in [-0.4, -0.2) is 34.0 Å². The number of hydrogen-bond acceptors (Lipinski definition) is 6. The van der Waals surface area contributed by atoms with Crippen LogP contribution in [0.4, 0.5) is 0 Å². The number of rotatable bonds is 4. The van der Waals surface area contributed by atoms with E-state index in [0.29, 0.717) is 31.4 Å². The van der Waals surface area contributed by atoms with E-state index in [-0.39, 0.29) is 23.5 Å². The van der Waals surface area contributed by atoms with E-state index in [1.54, 1.807) is 18.2 Å². The summed E-state index contributed by atoms with van der Waals surface area (Å²) in [6.07, 6.45) is 1.01. The third kappa shape index (κ3) is 3.55. The number of allylic oxidation sites excluding steroid dienone is 2. The van der Waals surface area contributed by atoms with Gasteiger partial charge >= 0.3 is 7.12 Å². The molecule has 4 atom stereocenters. The molecule has 2 aromatic rings. The number of nitrogens with zero attached hydrogens (tertiary/aromatic N) is 1. The maximum atomic E-state index is 13.5. The molecule has 166 valence electrons. The second-order valence-corrected chi connectivity index (χ2v) is 10.6. The van der Waals surface area contributed by atoms with Crippen molar-refractivity contribution in [1.82, 2.24) is 4.90 Å². The Morgan fingerprint density at radius 2 is 2.06 bits per heavy atom. The smallest absolute Gasteiger partial charge is 0.487 e. The van der Waals surface area contributed by atoms with Gasteiger partial charge in [0.2, 0.25) is 11.8 Å². The molecule has 0 saturated carbocycles. The number of phenols is 1. The lowest BCUT2D eigenvalue weighted by atomic mass is 9.55. The quantitative estimate of drug-likeness (QED) is 0.470. The number of phenolic OH excluding ortho intramolecular Hbond substituents is 1. The van der Waals surface area contributed by atoms with Crippen molar-refractivity contribution in [2.75, 3.05) is 0 Å². The minimum absolute atomic E-state index is 0.0778. The summed E-state index contributed by atoms with van der Waals surface area (Å²) in [7, 11) is -1.16. The van der Waals surface area contributed by atoms with Crippen molar-refractivity contribution in [2.45, 2.75) is 38.8 Å². The van der Waals surface area contributed by atoms with Crippen LogP contribution in [0.5, 0.6) is 5.75 Å². The number of benzene rings is 1. The highest BCUT2D eigenvalue weighted by Gasteiger charge is 2.57. The molecule has 2 fully saturated rings. The van der Waals surface area contributed by atoms with Gasteiger partial charge in [-0.05, 0) is 60.3 Å². The normalized spacial score (nSPS) is 27.7. The van der Waals surface area contributed by atoms with E-state index in [1.807, 2.05) is 24.4 Å². The van der Waals surface area contributed by atoms with Crippen molar-refractivity contribution in [2.24, 2.45) is 17.8 Å². The Morgan fingerprint density at radius 3 is 2.78 bits per heavy atom. The third-order valence-electron chi connectivity index (χ3n) is 6.96. The van der Waals surface area contributed by atoms with Crippen LogP contribution in [0.1, 0.15) is 42.7 Å². The largest absolute Gasteiger partial charge is 0.508 e. The molecule has 3 heterocycles. The van der Waals surface area contributed by atoms with E-state index in [9.17, 15) is 19.7 Å². The molecule has 1 aliphatic carbocycles. The Kier molecular flexibility index (Phi) is 5.78. The first-order valence-electron chi connectivity index (χ1n) is 10.8. The predicted octanol–water partition coefficient (Wildman–Crippen LogP) is 4.23. The number of carbonyl (C=O) groups excluding carboxylic acids is 2. The second-order valence-electron chi connectivity index (χ2n) is 8.61. The summed E-state index contributed by atoms with van der Waals surface area (Å²) in [4.78, 5) is 29.2. The Bertz CT molecular complexity index is 1100. The number of likely N-dealkylation sites (tertiary alicyclic amines) is 1. The molecule has 2 aliphatic heterocycles. The van der Waals surface area contributed by atoms with Crippen LogP contribution < -0.4 is 0 Å². The van der Waals surface area contributed by atoms with Gasteiger partial charge in [0, 0.05) is 14.9 Å². The molecular weight excluding hydrogens is 493 g/mol. The van der Waals surface area contributed by atoms with Gasteiger partial charge in [0.05, 0.1) is 24.5 Å². The van der Waals surface area contributed by atoms with Crippen LogP contribution in [0.2, 0.25) is 0 Å². The Hall–Kier alpha value is -1.94. The molecule has 5 rings (SSSR count). The van der Waals surface area contributed by atoms with Gasteiger partial charge in [-0.2, -0.15) is 0 Å². The van der Waals surface area contributed by atoms with Crippen LogP contribution in [0.15, 0.2) is 51.2 Å². The Balaban J connectivity index is 1.51. The van der Waals surface area contributed by atoms with Crippen molar-refractivity contribution >= 4 is 46.2 Å². The van der Waals surface area contributed by atoms with Crippen LogP contribution in [0, 0.1) is 17.8 Å². The predicted molar refractivity (Wildman–Crippen MR) is 125 cm³/mol. The van der Waals surface area contributed by atoms with Gasteiger partial charge in [-0.3, -0.25) is 14.5 Å². The summed E-state index contributed by atoms with van der Waals surface area (Å²) < 4.78 is 6.73. The van der Waals surface area contributed by atoms with Crippen molar-refractivity contribution in [3.8, 4) is 5.75 Å². The summed E-state index contributed by atoms with van der Waals surface area (Å²) in [5.41, 5.74) is 2.31. The highest BCUT2D eigenvalue weighted by molar-refractivity contribution is 9.10. The number of halogens is 1. The van der Waals surface area contributed by atoms with Gasteiger partial charge in [0.1, 0.15) is 5.75 Å². The highest BCUT2D eigenvalue weighted by Crippen LogP contribution is 2.52. The molecule has 2 amide bonds. The SMILES string of the molecule is CCC1=C2B(O)O[C@H](c3cc(Br)ccc3O)C[C@H]2[C@H]2C(=O)N(Cc3cccs3)C(=O)[C@H]2C1. The summed E-state index contributed by atoms with van der Waals surface area (Å²) in [5, 5.41) is 23.3. The number of imide groups is 1. The zero-order valence-electron chi connectivity index (χ0n) is 17.5. The zero-order chi connectivity index (χ0) is 22.6. The molecule has 2 N–H and O–H groups in total. The van der Waals surface area contributed by atoms with Gasteiger partial charge in [0.15, 0.2) is 0 Å². The van der Waals surface area contributed by atoms with Gasteiger partial charge in [-0.25, -0.2) is 0 Å². The number of amides is 2. The number of carbonyl (C=O) groups is 2. The third-order valence-corrected chi connectivity index (χ3v) is 8.31. The molecule has 0 bridgehead atoms. The van der Waals surface area contributed by atoms with Crippen molar-refractivity contribution in [1.29, 1.82) is 0 Å². The van der Waals surface area contributed by atoms with Gasteiger partial charge in [-0.1, -0.05) is 34.5 Å². The first-order chi connectivity index (χ1) is 15.4. The maximum Gasteiger partial charge on any atom is 0.487 e. The lowest BCUT2D eigenvalue weighted by Crippen LogP contribution is -2.44. The number of thiophene rings is 1. The number of fused-ring (bicyclic) bond motifs is 3. The zero-order valence-corrected chi connectivity index (χ0v) is 19.9. The van der Waals surface area contributed by atoms with E-state index < -0.39 is 25.1 Å². The lowest BCUT2D eigenvalue weighted by molar-refractivity contribution is -0.140. The molecule has 6 nitrogen and oxygen atoms in total. The fourth-order valence-corrected chi connectivity index (χ4v) is 6.58. The van der Waals surface area contributed by atoms with Gasteiger partial charge < -0.3 is 14.8 Å². The minimum atomic E-state index is -1.16. The fourth-order valence-electron chi connectivity index (χ4n) is 5.51. The van der Waals surface area contributed by atoms with Crippen LogP contribution in [0.25, 0.3) is 0 Å². The number of aromatic hydroxyl groups is 1. The number of hydrogen-bond donors (Lipinski definition) is 2. The molecule has 0 spiro atoms. The molecule has 0 unspecified atom stereocenters. The summed E-state index contributed by atoms with van der Waals surface area (Å²) in [5.74, 6) is -1.44. The molecule has 1 aromatic carbocycles. The van der Waals surface area contributed by atoms with Gasteiger partial charge in [0.25, 0.3) is 0 Å². The molecule has 32 heavy (non-hydrogen) atoms. The van der Waals surface area contributed by atoms with E-state index in [0.717, 1.165) is 20.4 Å². The molecule has 1 aromatic heterocycles. The standard InChI is InChI=1S/C23H23BBrNO5S/c1-2-12-8-17-20(23(29)26(22(17)28)11-14-4-3-7-32-14)16-10-19(31-24(30)21(12)16)15-9-13(25)5-6-18(15)27/h3-7,9,16-17,19-20,27,30H,2,8,10-11H2,1H3/t16-,17-,19-,20+/m0/s1. The van der Waals surface area contributed by atoms with E-state index in [2.05, 4.69) is 15.9 Å². The van der Waals surface area contributed by atoms with E-state index in [1.165, 1.54) is 16.2 Å². The maximum absolute atomic E-state index is 13.5. The average molecular weight is 516 g/mol. The van der Waals surface area contributed by atoms with Crippen molar-refractivity contribution in [3.63, 3.8) is 0 Å². The molecule has 9 heteroatoms.